The van der Waals surface area contributed by atoms with Crippen LogP contribution in [0.15, 0.2) is 54.6 Å². The SMILES string of the molecule is C=C(C=O)CCO.CCCCCc1ccc(-c2ccc(OC)cc2)c(F)c1. The fraction of sp³-hybridized carbons (Fsp3) is 0.348. The fourth-order valence-electron chi connectivity index (χ4n) is 2.50. The minimum Gasteiger partial charge on any atom is -0.497 e. The van der Waals surface area contributed by atoms with Gasteiger partial charge in [-0.1, -0.05) is 50.6 Å². The third-order valence-corrected chi connectivity index (χ3v) is 4.10. The second-order valence-electron chi connectivity index (χ2n) is 6.25. The Bertz CT molecular complexity index is 708. The lowest BCUT2D eigenvalue weighted by Crippen LogP contribution is -1.91. The number of aliphatic hydroxyl groups is 1. The maximum absolute atomic E-state index is 14.2. The van der Waals surface area contributed by atoms with E-state index >= 15 is 0 Å². The van der Waals surface area contributed by atoms with E-state index in [1.165, 1.54) is 12.8 Å². The molecule has 1 N–H and O–H groups in total. The van der Waals surface area contributed by atoms with E-state index in [9.17, 15) is 9.18 Å². The molecule has 0 atom stereocenters. The first-order valence-electron chi connectivity index (χ1n) is 9.22. The predicted molar refractivity (Wildman–Crippen MR) is 109 cm³/mol. The Kier molecular flexibility index (Phi) is 10.7. The number of aliphatic hydroxyl groups excluding tert-OH is 1. The molecule has 2 aromatic rings. The van der Waals surface area contributed by atoms with Crippen molar-refractivity contribution < 1.29 is 19.0 Å². The van der Waals surface area contributed by atoms with Crippen molar-refractivity contribution in [1.82, 2.24) is 0 Å². The van der Waals surface area contributed by atoms with Crippen LogP contribution in [-0.4, -0.2) is 25.1 Å². The third kappa shape index (κ3) is 8.18. The summed E-state index contributed by atoms with van der Waals surface area (Å²) in [6.07, 6.45) is 5.50. The van der Waals surface area contributed by atoms with Gasteiger partial charge in [-0.15, -0.1) is 0 Å². The number of benzene rings is 2. The quantitative estimate of drug-likeness (QED) is 0.366. The van der Waals surface area contributed by atoms with E-state index in [4.69, 9.17) is 9.84 Å². The number of unbranched alkanes of at least 4 members (excludes halogenated alkanes) is 2. The van der Waals surface area contributed by atoms with E-state index in [1.54, 1.807) is 13.2 Å². The summed E-state index contributed by atoms with van der Waals surface area (Å²) in [5.41, 5.74) is 3.05. The molecule has 0 radical (unpaired) electrons. The summed E-state index contributed by atoms with van der Waals surface area (Å²) in [5.74, 6) is 0.634. The van der Waals surface area contributed by atoms with Crippen LogP contribution in [0.3, 0.4) is 0 Å². The van der Waals surface area contributed by atoms with Gasteiger partial charge in [0.15, 0.2) is 0 Å². The van der Waals surface area contributed by atoms with Gasteiger partial charge in [0.1, 0.15) is 17.9 Å². The molecule has 146 valence electrons. The van der Waals surface area contributed by atoms with Gasteiger partial charge in [-0.05, 0) is 54.2 Å². The molecule has 0 saturated heterocycles. The Morgan fingerprint density at radius 2 is 1.89 bits per heavy atom. The summed E-state index contributed by atoms with van der Waals surface area (Å²) in [5, 5.41) is 8.15. The van der Waals surface area contributed by atoms with E-state index in [1.807, 2.05) is 36.4 Å². The number of carbonyl (C=O) groups is 1. The van der Waals surface area contributed by atoms with Crippen molar-refractivity contribution in [2.75, 3.05) is 13.7 Å². The molecule has 4 heteroatoms. The molecule has 0 unspecified atom stereocenters. The maximum atomic E-state index is 14.2. The second kappa shape index (κ2) is 12.8. The van der Waals surface area contributed by atoms with Gasteiger partial charge < -0.3 is 9.84 Å². The topological polar surface area (TPSA) is 46.5 Å². The molecule has 0 aromatic heterocycles. The number of aryl methyl sites for hydroxylation is 1. The molecular weight excluding hydrogens is 343 g/mol. The molecule has 2 rings (SSSR count). The molecule has 0 heterocycles. The van der Waals surface area contributed by atoms with Crippen LogP contribution in [0.25, 0.3) is 11.1 Å². The van der Waals surface area contributed by atoms with Crippen LogP contribution in [0.5, 0.6) is 5.75 Å². The van der Waals surface area contributed by atoms with Crippen LogP contribution in [-0.2, 0) is 11.2 Å². The molecular formula is C23H29FO3. The van der Waals surface area contributed by atoms with Gasteiger partial charge in [0, 0.05) is 12.2 Å². The van der Waals surface area contributed by atoms with Crippen LogP contribution in [0.4, 0.5) is 4.39 Å². The zero-order chi connectivity index (χ0) is 20.1. The van der Waals surface area contributed by atoms with E-state index in [2.05, 4.69) is 13.5 Å². The average Bonchev–Trinajstić information content (AvgIpc) is 2.69. The number of rotatable bonds is 9. The lowest BCUT2D eigenvalue weighted by Gasteiger charge is -2.07. The fourth-order valence-corrected chi connectivity index (χ4v) is 2.50. The van der Waals surface area contributed by atoms with Gasteiger partial charge in [0.05, 0.1) is 7.11 Å². The smallest absolute Gasteiger partial charge is 0.145 e. The van der Waals surface area contributed by atoms with Gasteiger partial charge in [-0.25, -0.2) is 4.39 Å². The normalized spacial score (nSPS) is 9.93. The number of hydrogen-bond acceptors (Lipinski definition) is 3. The molecule has 27 heavy (non-hydrogen) atoms. The standard InChI is InChI=1S/C18H21FO.C5H8O2/c1-3-4-5-6-14-7-12-17(18(19)13-14)15-8-10-16(20-2)11-9-15;1-5(4-7)2-3-6/h7-13H,3-6H2,1-2H3;4,6H,1-3H2. The second-order valence-corrected chi connectivity index (χ2v) is 6.25. The maximum Gasteiger partial charge on any atom is 0.145 e. The van der Waals surface area contributed by atoms with Gasteiger partial charge in [-0.2, -0.15) is 0 Å². The Balaban J connectivity index is 0.000000445. The largest absolute Gasteiger partial charge is 0.497 e. The summed E-state index contributed by atoms with van der Waals surface area (Å²) in [6.45, 7) is 5.52. The molecule has 0 amide bonds. The molecule has 0 aliphatic heterocycles. The summed E-state index contributed by atoms with van der Waals surface area (Å²) in [4.78, 5) is 9.68. The highest BCUT2D eigenvalue weighted by Gasteiger charge is 2.06. The summed E-state index contributed by atoms with van der Waals surface area (Å²) < 4.78 is 19.3. The third-order valence-electron chi connectivity index (χ3n) is 4.10. The van der Waals surface area contributed by atoms with Crippen LogP contribution in [0.1, 0.15) is 38.2 Å². The highest BCUT2D eigenvalue weighted by molar-refractivity contribution is 5.71. The van der Waals surface area contributed by atoms with Crippen molar-refractivity contribution in [3.8, 4) is 16.9 Å². The van der Waals surface area contributed by atoms with E-state index in [0.717, 1.165) is 29.7 Å². The number of aldehydes is 1. The minimum atomic E-state index is -0.149. The van der Waals surface area contributed by atoms with Gasteiger partial charge in [0.25, 0.3) is 0 Å². The van der Waals surface area contributed by atoms with E-state index < -0.39 is 0 Å². The number of halogens is 1. The Morgan fingerprint density at radius 1 is 1.19 bits per heavy atom. The van der Waals surface area contributed by atoms with Crippen LogP contribution in [0, 0.1) is 5.82 Å². The van der Waals surface area contributed by atoms with Crippen molar-refractivity contribution in [3.05, 3.63) is 66.0 Å². The Morgan fingerprint density at radius 3 is 2.37 bits per heavy atom. The Hall–Kier alpha value is -2.46. The zero-order valence-corrected chi connectivity index (χ0v) is 16.2. The molecule has 0 saturated carbocycles. The van der Waals surface area contributed by atoms with Crippen molar-refractivity contribution in [1.29, 1.82) is 0 Å². The molecule has 2 aromatic carbocycles. The molecule has 0 bridgehead atoms. The summed E-state index contributed by atoms with van der Waals surface area (Å²) >= 11 is 0. The van der Waals surface area contributed by atoms with Crippen molar-refractivity contribution in [2.24, 2.45) is 0 Å². The monoisotopic (exact) mass is 372 g/mol. The highest BCUT2D eigenvalue weighted by atomic mass is 19.1. The van der Waals surface area contributed by atoms with E-state index in [0.29, 0.717) is 23.8 Å². The first-order chi connectivity index (χ1) is 13.0. The molecule has 3 nitrogen and oxygen atoms in total. The van der Waals surface area contributed by atoms with Crippen LogP contribution >= 0.6 is 0 Å². The first-order valence-corrected chi connectivity index (χ1v) is 9.22. The number of methoxy groups -OCH3 is 1. The van der Waals surface area contributed by atoms with Gasteiger partial charge in [-0.3, -0.25) is 4.79 Å². The van der Waals surface area contributed by atoms with E-state index in [-0.39, 0.29) is 12.4 Å². The van der Waals surface area contributed by atoms with Gasteiger partial charge >= 0.3 is 0 Å². The highest BCUT2D eigenvalue weighted by Crippen LogP contribution is 2.26. The Labute approximate surface area is 161 Å². The van der Waals surface area contributed by atoms with Crippen LogP contribution < -0.4 is 4.74 Å². The predicted octanol–water partition coefficient (Wildman–Crippen LogP) is 5.36. The number of hydrogen-bond donors (Lipinski definition) is 1. The lowest BCUT2D eigenvalue weighted by molar-refractivity contribution is -0.105. The minimum absolute atomic E-state index is 0.0115. The molecule has 0 aliphatic carbocycles. The summed E-state index contributed by atoms with van der Waals surface area (Å²) in [7, 11) is 1.63. The molecule has 0 fully saturated rings. The average molecular weight is 372 g/mol. The first kappa shape index (κ1) is 22.6. The van der Waals surface area contributed by atoms with Crippen molar-refractivity contribution in [2.45, 2.75) is 39.0 Å². The lowest BCUT2D eigenvalue weighted by atomic mass is 10.0. The molecule has 0 spiro atoms. The van der Waals surface area contributed by atoms with Crippen molar-refractivity contribution in [3.63, 3.8) is 0 Å². The zero-order valence-electron chi connectivity index (χ0n) is 16.2. The summed E-state index contributed by atoms with van der Waals surface area (Å²) in [6, 6.07) is 13.0. The number of carbonyl (C=O) groups excluding carboxylic acids is 1. The number of ether oxygens (including phenoxy) is 1. The molecule has 0 aliphatic rings. The van der Waals surface area contributed by atoms with Gasteiger partial charge in [0.2, 0.25) is 0 Å². The van der Waals surface area contributed by atoms with Crippen LogP contribution in [0.2, 0.25) is 0 Å². The van der Waals surface area contributed by atoms with Crippen molar-refractivity contribution >= 4 is 6.29 Å².